The van der Waals surface area contributed by atoms with Gasteiger partial charge in [0, 0.05) is 32.7 Å². The van der Waals surface area contributed by atoms with Gasteiger partial charge in [0.2, 0.25) is 0 Å². The highest BCUT2D eigenvalue weighted by molar-refractivity contribution is 6.12. The lowest BCUT2D eigenvalue weighted by molar-refractivity contribution is -0.137. The maximum absolute atomic E-state index is 14.7. The number of alkyl halides is 3. The number of nitriles is 6. The fourth-order valence-electron chi connectivity index (χ4n) is 8.07. The Bertz CT molecular complexity index is 3480. The molecule has 2 aromatic heterocycles. The fourth-order valence-corrected chi connectivity index (χ4v) is 8.07. The number of hydrogen-bond acceptors (Lipinski definition) is 6. The number of hydrogen-bond donors (Lipinski definition) is 0. The number of rotatable bonds is 4. The molecule has 9 rings (SSSR count). The highest BCUT2D eigenvalue weighted by atomic mass is 19.4. The predicted molar refractivity (Wildman–Crippen MR) is 219 cm³/mol. The van der Waals surface area contributed by atoms with Gasteiger partial charge < -0.3 is 9.13 Å². The second kappa shape index (κ2) is 13.8. The molecule has 0 fully saturated rings. The van der Waals surface area contributed by atoms with Crippen molar-refractivity contribution in [2.45, 2.75) is 6.18 Å². The Hall–Kier alpha value is -9.13. The summed E-state index contributed by atoms with van der Waals surface area (Å²) < 4.78 is 48.0. The topological polar surface area (TPSA) is 153 Å². The molecule has 2 heterocycles. The maximum atomic E-state index is 14.7. The third-order valence-corrected chi connectivity index (χ3v) is 10.7. The maximum Gasteiger partial charge on any atom is 0.417 e. The van der Waals surface area contributed by atoms with Crippen LogP contribution in [0.2, 0.25) is 0 Å². The fraction of sp³-hybridized carbons (Fsp3) is 0.0204. The van der Waals surface area contributed by atoms with Gasteiger partial charge in [-0.2, -0.15) is 44.7 Å². The average molecular weight is 779 g/mol. The largest absolute Gasteiger partial charge is 0.417 e. The molecule has 11 heteroatoms. The highest BCUT2D eigenvalue weighted by Gasteiger charge is 2.34. The minimum absolute atomic E-state index is 0.149. The molecular weight excluding hydrogens is 758 g/mol. The van der Waals surface area contributed by atoms with Gasteiger partial charge in [-0.1, -0.05) is 24.3 Å². The quantitative estimate of drug-likeness (QED) is 0.173. The monoisotopic (exact) mass is 778 g/mol. The van der Waals surface area contributed by atoms with Gasteiger partial charge in [0.1, 0.15) is 0 Å². The van der Waals surface area contributed by atoms with Crippen molar-refractivity contribution < 1.29 is 13.2 Å². The van der Waals surface area contributed by atoms with E-state index in [2.05, 4.69) is 30.3 Å². The van der Waals surface area contributed by atoms with Crippen molar-refractivity contribution in [3.63, 3.8) is 0 Å². The van der Waals surface area contributed by atoms with Crippen LogP contribution in [0.5, 0.6) is 0 Å². The molecule has 0 atom stereocenters. The van der Waals surface area contributed by atoms with Crippen molar-refractivity contribution in [1.82, 2.24) is 9.13 Å². The smallest absolute Gasteiger partial charge is 0.309 e. The average Bonchev–Trinajstić information content (AvgIpc) is 3.78. The first-order chi connectivity index (χ1) is 29.1. The molecular formula is C49H21F3N8. The van der Waals surface area contributed by atoms with Gasteiger partial charge in [0.25, 0.3) is 0 Å². The van der Waals surface area contributed by atoms with Gasteiger partial charge in [-0.3, -0.25) is 0 Å². The highest BCUT2D eigenvalue weighted by Crippen LogP contribution is 2.45. The lowest BCUT2D eigenvalue weighted by Gasteiger charge is -2.21. The number of aromatic nitrogens is 2. The van der Waals surface area contributed by atoms with E-state index in [9.17, 15) is 44.7 Å². The summed E-state index contributed by atoms with van der Waals surface area (Å²) in [6.07, 6.45) is -4.80. The van der Waals surface area contributed by atoms with Gasteiger partial charge in [-0.25, -0.2) is 0 Å². The van der Waals surface area contributed by atoms with E-state index in [1.807, 2.05) is 9.13 Å². The van der Waals surface area contributed by atoms with Crippen LogP contribution in [-0.4, -0.2) is 9.13 Å². The van der Waals surface area contributed by atoms with E-state index in [4.69, 9.17) is 0 Å². The summed E-state index contributed by atoms with van der Waals surface area (Å²) >= 11 is 0. The lowest BCUT2D eigenvalue weighted by Crippen LogP contribution is -2.08. The summed E-state index contributed by atoms with van der Waals surface area (Å²) in [5.74, 6) is 0. The third-order valence-electron chi connectivity index (χ3n) is 10.7. The van der Waals surface area contributed by atoms with Crippen molar-refractivity contribution >= 4 is 43.6 Å². The van der Waals surface area contributed by atoms with Crippen LogP contribution in [0.1, 0.15) is 38.9 Å². The van der Waals surface area contributed by atoms with E-state index in [-0.39, 0.29) is 16.7 Å². The van der Waals surface area contributed by atoms with Crippen molar-refractivity contribution in [2.24, 2.45) is 0 Å². The zero-order valence-electron chi connectivity index (χ0n) is 30.8. The van der Waals surface area contributed by atoms with Gasteiger partial charge in [0.05, 0.1) is 109 Å². The molecule has 0 aliphatic carbocycles. The molecule has 60 heavy (non-hydrogen) atoms. The van der Waals surface area contributed by atoms with Crippen LogP contribution in [0, 0.1) is 68.0 Å². The Kier molecular flexibility index (Phi) is 8.40. The molecule has 0 saturated carbocycles. The van der Waals surface area contributed by atoms with Crippen LogP contribution in [0.3, 0.4) is 0 Å². The van der Waals surface area contributed by atoms with Crippen LogP contribution in [0.4, 0.5) is 13.2 Å². The Morgan fingerprint density at radius 1 is 0.350 bits per heavy atom. The summed E-state index contributed by atoms with van der Waals surface area (Å²) in [5.41, 5.74) is 5.41. The number of benzene rings is 7. The number of nitrogens with zero attached hydrogens (tertiary/aromatic N) is 8. The summed E-state index contributed by atoms with van der Waals surface area (Å²) in [6.45, 7) is 0. The van der Waals surface area contributed by atoms with Gasteiger partial charge >= 0.3 is 6.18 Å². The molecule has 0 aliphatic rings. The van der Waals surface area contributed by atoms with E-state index in [1.165, 1.54) is 12.1 Å². The first kappa shape index (κ1) is 36.5. The molecule has 0 unspecified atom stereocenters. The second-order valence-electron chi connectivity index (χ2n) is 14.0. The Labute approximate surface area is 339 Å². The van der Waals surface area contributed by atoms with Crippen molar-refractivity contribution in [1.29, 1.82) is 31.6 Å². The number of halogens is 3. The minimum Gasteiger partial charge on any atom is -0.309 e. The second-order valence-corrected chi connectivity index (χ2v) is 14.0. The third kappa shape index (κ3) is 5.72. The SMILES string of the molecule is N#Cc1ccc(-c2ccc(-c3ccc(C#N)cc3C(F)(F)F)cc2-n2c3ccc(C#N)cc3c3cc(C#N)ccc32)c(-n2c3ccc(C#N)cc3c3cc(C#N)ccc32)c1. The zero-order chi connectivity index (χ0) is 41.9. The Morgan fingerprint density at radius 3 is 1.05 bits per heavy atom. The van der Waals surface area contributed by atoms with E-state index in [0.717, 1.165) is 6.07 Å². The zero-order valence-corrected chi connectivity index (χ0v) is 30.8. The van der Waals surface area contributed by atoms with Crippen molar-refractivity contribution in [3.8, 4) is 70.0 Å². The van der Waals surface area contributed by atoms with Gasteiger partial charge in [-0.15, -0.1) is 0 Å². The van der Waals surface area contributed by atoms with E-state index < -0.39 is 11.7 Å². The molecule has 0 amide bonds. The molecule has 278 valence electrons. The molecule has 7 aromatic carbocycles. The Balaban J connectivity index is 1.44. The van der Waals surface area contributed by atoms with Crippen molar-refractivity contribution in [2.75, 3.05) is 0 Å². The van der Waals surface area contributed by atoms with Crippen molar-refractivity contribution in [3.05, 3.63) is 166 Å². The first-order valence-electron chi connectivity index (χ1n) is 18.2. The van der Waals surface area contributed by atoms with Gasteiger partial charge in [-0.05, 0) is 114 Å². The van der Waals surface area contributed by atoms with E-state index >= 15 is 0 Å². The molecule has 0 radical (unpaired) electrons. The van der Waals surface area contributed by atoms with Crippen LogP contribution in [-0.2, 0) is 6.18 Å². The van der Waals surface area contributed by atoms with E-state index in [1.54, 1.807) is 115 Å². The molecule has 8 nitrogen and oxygen atoms in total. The summed E-state index contributed by atoms with van der Waals surface area (Å²) in [5, 5.41) is 61.8. The normalized spacial score (nSPS) is 11.2. The molecule has 0 N–H and O–H groups in total. The van der Waals surface area contributed by atoms with E-state index in [0.29, 0.717) is 93.9 Å². The van der Waals surface area contributed by atoms with Gasteiger partial charge in [0.15, 0.2) is 0 Å². The lowest BCUT2D eigenvalue weighted by atomic mass is 9.93. The van der Waals surface area contributed by atoms with Crippen LogP contribution in [0.15, 0.2) is 127 Å². The van der Waals surface area contributed by atoms with Crippen LogP contribution in [0.25, 0.3) is 77.2 Å². The molecule has 0 saturated heterocycles. The molecule has 0 bridgehead atoms. The summed E-state index contributed by atoms with van der Waals surface area (Å²) in [6, 6.07) is 46.9. The molecule has 0 spiro atoms. The standard InChI is InChI=1S/C49H21F3N8/c50-49(51,52)42-19-32(26-57)1-8-35(42)34-7-10-37(48(21-34)60-45-13-5-30(24-55)17-40(45)41-18-31(25-56)6-14-46(41)60)36-9-2-33(27-58)20-47(36)59-43-11-3-28(22-53)15-38(43)39-16-29(23-54)4-12-44(39)59/h1-21H. The Morgan fingerprint density at radius 2 is 0.667 bits per heavy atom. The first-order valence-corrected chi connectivity index (χ1v) is 18.2. The minimum atomic E-state index is -4.80. The molecule has 0 aliphatic heterocycles. The summed E-state index contributed by atoms with van der Waals surface area (Å²) in [7, 11) is 0. The molecule has 9 aromatic rings. The summed E-state index contributed by atoms with van der Waals surface area (Å²) in [4.78, 5) is 0. The predicted octanol–water partition coefficient (Wildman–Crippen LogP) is 11.5. The number of fused-ring (bicyclic) bond motifs is 6. The van der Waals surface area contributed by atoms with Crippen LogP contribution < -0.4 is 0 Å². The van der Waals surface area contributed by atoms with Crippen LogP contribution >= 0.6 is 0 Å².